The summed E-state index contributed by atoms with van der Waals surface area (Å²) in [5.41, 5.74) is -0.217. The fraction of sp³-hybridized carbons (Fsp3) is 1.00. The van der Waals surface area contributed by atoms with Gasteiger partial charge < -0.3 is 14.2 Å². The van der Waals surface area contributed by atoms with Crippen molar-refractivity contribution >= 4 is 47.0 Å². The number of thioether (sulfide) groups is 4. The van der Waals surface area contributed by atoms with Crippen LogP contribution in [0.5, 0.6) is 0 Å². The first kappa shape index (κ1) is 26.3. The molecule has 1 fully saturated rings. The molecule has 1 aliphatic rings. The third-order valence-corrected chi connectivity index (χ3v) is 9.38. The number of ether oxygens (including phenoxy) is 3. The lowest BCUT2D eigenvalue weighted by Crippen LogP contribution is -2.31. The van der Waals surface area contributed by atoms with Gasteiger partial charge in [0, 0.05) is 11.5 Å². The Morgan fingerprint density at radius 2 is 1.04 bits per heavy atom. The number of hydrogen-bond donors (Lipinski definition) is 0. The van der Waals surface area contributed by atoms with Gasteiger partial charge in [0.05, 0.1) is 50.4 Å². The van der Waals surface area contributed by atoms with Gasteiger partial charge in [0.2, 0.25) is 0 Å². The lowest BCUT2D eigenvalue weighted by molar-refractivity contribution is 0.00244. The summed E-state index contributed by atoms with van der Waals surface area (Å²) in [7, 11) is 0. The zero-order chi connectivity index (χ0) is 20.7. The lowest BCUT2D eigenvalue weighted by Gasteiger charge is -2.36. The van der Waals surface area contributed by atoms with E-state index in [-0.39, 0.29) is 16.8 Å². The maximum absolute atomic E-state index is 6.07. The molecule has 0 bridgehead atoms. The quantitative estimate of drug-likeness (QED) is 0.373. The SMILES string of the molecule is CC(C)(C)OCCSCC1SC(COC(C)(C)C)SC(COC(C)(C)C)S1. The van der Waals surface area contributed by atoms with Crippen LogP contribution in [0.2, 0.25) is 0 Å². The summed E-state index contributed by atoms with van der Waals surface area (Å²) < 4.78 is 19.5. The molecule has 0 aromatic heterocycles. The molecule has 0 saturated carbocycles. The van der Waals surface area contributed by atoms with Crippen LogP contribution < -0.4 is 0 Å². The van der Waals surface area contributed by atoms with Crippen molar-refractivity contribution in [1.29, 1.82) is 0 Å². The van der Waals surface area contributed by atoms with Gasteiger partial charge in [-0.3, -0.25) is 0 Å². The first-order valence-corrected chi connectivity index (χ1v) is 13.7. The Bertz CT molecular complexity index is 387. The summed E-state index contributed by atoms with van der Waals surface area (Å²) in [6, 6.07) is 0. The molecule has 0 aromatic rings. The van der Waals surface area contributed by atoms with E-state index in [0.717, 1.165) is 31.3 Å². The van der Waals surface area contributed by atoms with Crippen molar-refractivity contribution in [2.24, 2.45) is 0 Å². The lowest BCUT2D eigenvalue weighted by atomic mass is 10.2. The maximum atomic E-state index is 6.07. The second-order valence-corrected chi connectivity index (χ2v) is 15.9. The Balaban J connectivity index is 2.48. The highest BCUT2D eigenvalue weighted by atomic mass is 32.3. The third kappa shape index (κ3) is 14.8. The van der Waals surface area contributed by atoms with Crippen molar-refractivity contribution in [3.8, 4) is 0 Å². The molecule has 1 rings (SSSR count). The molecule has 7 heteroatoms. The summed E-state index contributed by atoms with van der Waals surface area (Å²) in [5.74, 6) is 2.19. The molecule has 0 spiro atoms. The Kier molecular flexibility index (Phi) is 11.3. The predicted octanol–water partition coefficient (Wildman–Crippen LogP) is 6.36. The predicted molar refractivity (Wildman–Crippen MR) is 129 cm³/mol. The molecular formula is C20H40O3S4. The monoisotopic (exact) mass is 456 g/mol. The average Bonchev–Trinajstić information content (AvgIpc) is 2.48. The first-order chi connectivity index (χ1) is 12.2. The molecular weight excluding hydrogens is 416 g/mol. The first-order valence-electron chi connectivity index (χ1n) is 9.69. The summed E-state index contributed by atoms with van der Waals surface area (Å²) in [4.78, 5) is 0. The molecule has 0 amide bonds. The molecule has 0 N–H and O–H groups in total. The Morgan fingerprint density at radius 1 is 0.630 bits per heavy atom. The molecule has 1 saturated heterocycles. The smallest absolute Gasteiger partial charge is 0.0759 e. The zero-order valence-corrected chi connectivity index (χ0v) is 21.9. The maximum Gasteiger partial charge on any atom is 0.0759 e. The van der Waals surface area contributed by atoms with Crippen LogP contribution in [0.25, 0.3) is 0 Å². The van der Waals surface area contributed by atoms with E-state index >= 15 is 0 Å². The minimum absolute atomic E-state index is 0.0453. The topological polar surface area (TPSA) is 27.7 Å². The highest BCUT2D eigenvalue weighted by Gasteiger charge is 2.32. The van der Waals surface area contributed by atoms with Crippen LogP contribution in [0, 0.1) is 0 Å². The van der Waals surface area contributed by atoms with Gasteiger partial charge in [0.1, 0.15) is 0 Å². The Hall–Kier alpha value is 1.28. The minimum Gasteiger partial charge on any atom is -0.375 e. The normalized spacial score (nSPS) is 25.0. The fourth-order valence-electron chi connectivity index (χ4n) is 2.06. The van der Waals surface area contributed by atoms with Crippen molar-refractivity contribution in [2.45, 2.75) is 92.9 Å². The van der Waals surface area contributed by atoms with Gasteiger partial charge in [-0.25, -0.2) is 0 Å². The van der Waals surface area contributed by atoms with Gasteiger partial charge in [-0.2, -0.15) is 11.8 Å². The summed E-state index contributed by atoms with van der Waals surface area (Å²) >= 11 is 8.11. The second kappa shape index (κ2) is 11.6. The Morgan fingerprint density at radius 3 is 1.44 bits per heavy atom. The van der Waals surface area contributed by atoms with Crippen molar-refractivity contribution < 1.29 is 14.2 Å². The van der Waals surface area contributed by atoms with Crippen LogP contribution in [0.1, 0.15) is 62.3 Å². The summed E-state index contributed by atoms with van der Waals surface area (Å²) in [6.07, 6.45) is 0. The van der Waals surface area contributed by atoms with Gasteiger partial charge in [-0.1, -0.05) is 0 Å². The number of hydrogen-bond acceptors (Lipinski definition) is 7. The summed E-state index contributed by atoms with van der Waals surface area (Å²) in [6.45, 7) is 21.5. The van der Waals surface area contributed by atoms with E-state index in [0.29, 0.717) is 13.7 Å². The van der Waals surface area contributed by atoms with Crippen molar-refractivity contribution in [3.05, 3.63) is 0 Å². The molecule has 0 aromatic carbocycles. The van der Waals surface area contributed by atoms with Crippen LogP contribution in [0.15, 0.2) is 0 Å². The zero-order valence-electron chi connectivity index (χ0n) is 18.6. The second-order valence-electron chi connectivity index (χ2n) is 9.58. The fourth-order valence-corrected chi connectivity index (χ4v) is 9.25. The molecule has 1 heterocycles. The van der Waals surface area contributed by atoms with Crippen molar-refractivity contribution in [2.75, 3.05) is 31.3 Å². The van der Waals surface area contributed by atoms with Crippen LogP contribution in [-0.4, -0.2) is 61.9 Å². The molecule has 0 aliphatic carbocycles. The molecule has 2 unspecified atom stereocenters. The molecule has 0 radical (unpaired) electrons. The van der Waals surface area contributed by atoms with Crippen LogP contribution in [0.4, 0.5) is 0 Å². The average molecular weight is 457 g/mol. The molecule has 2 atom stereocenters. The van der Waals surface area contributed by atoms with E-state index in [1.165, 1.54) is 0 Å². The molecule has 162 valence electrons. The van der Waals surface area contributed by atoms with Crippen LogP contribution in [-0.2, 0) is 14.2 Å². The van der Waals surface area contributed by atoms with Gasteiger partial charge in [-0.15, -0.1) is 35.3 Å². The van der Waals surface area contributed by atoms with Gasteiger partial charge in [0.25, 0.3) is 0 Å². The van der Waals surface area contributed by atoms with E-state index in [1.54, 1.807) is 0 Å². The van der Waals surface area contributed by atoms with Crippen LogP contribution >= 0.6 is 47.0 Å². The standard InChI is InChI=1S/C20H40O3S4/c1-18(2,3)21-10-11-24-14-17-26-15(12-22-19(4,5)6)25-16(27-17)13-23-20(7,8)9/h15-17H,10-14H2,1-9H3. The van der Waals surface area contributed by atoms with Gasteiger partial charge in [0.15, 0.2) is 0 Å². The van der Waals surface area contributed by atoms with Crippen molar-refractivity contribution in [1.82, 2.24) is 0 Å². The van der Waals surface area contributed by atoms with E-state index in [9.17, 15) is 0 Å². The van der Waals surface area contributed by atoms with Gasteiger partial charge >= 0.3 is 0 Å². The van der Waals surface area contributed by atoms with Crippen molar-refractivity contribution in [3.63, 3.8) is 0 Å². The van der Waals surface area contributed by atoms with Crippen LogP contribution in [0.3, 0.4) is 0 Å². The van der Waals surface area contributed by atoms with Gasteiger partial charge in [-0.05, 0) is 62.3 Å². The molecule has 1 aliphatic heterocycles. The Labute approximate surface area is 185 Å². The highest BCUT2D eigenvalue weighted by Crippen LogP contribution is 2.48. The largest absolute Gasteiger partial charge is 0.375 e. The molecule has 3 nitrogen and oxygen atoms in total. The third-order valence-electron chi connectivity index (χ3n) is 3.23. The minimum atomic E-state index is -0.0857. The highest BCUT2D eigenvalue weighted by molar-refractivity contribution is 8.34. The van der Waals surface area contributed by atoms with E-state index < -0.39 is 0 Å². The van der Waals surface area contributed by atoms with E-state index in [2.05, 4.69) is 85.8 Å². The molecule has 27 heavy (non-hydrogen) atoms. The number of rotatable bonds is 9. The van der Waals surface area contributed by atoms with E-state index in [4.69, 9.17) is 14.2 Å². The summed E-state index contributed by atoms with van der Waals surface area (Å²) in [5, 5.41) is 0. The van der Waals surface area contributed by atoms with E-state index in [1.807, 2.05) is 23.5 Å².